The van der Waals surface area contributed by atoms with Crippen molar-refractivity contribution < 1.29 is 4.79 Å². The molecule has 1 aromatic heterocycles. The van der Waals surface area contributed by atoms with Gasteiger partial charge < -0.3 is 15.1 Å². The zero-order valence-corrected chi connectivity index (χ0v) is 13.8. The highest BCUT2D eigenvalue weighted by Crippen LogP contribution is 2.21. The van der Waals surface area contributed by atoms with Gasteiger partial charge in [-0.15, -0.1) is 0 Å². The number of carbonyl (C=O) groups is 1. The summed E-state index contributed by atoms with van der Waals surface area (Å²) in [5, 5.41) is 3.15. The highest BCUT2D eigenvalue weighted by atomic mass is 79.9. The molecular weight excluding hydrogens is 320 g/mol. The van der Waals surface area contributed by atoms with Gasteiger partial charge >= 0.3 is 0 Å². The van der Waals surface area contributed by atoms with E-state index in [2.05, 4.69) is 45.1 Å². The number of aromatic nitrogens is 1. The number of rotatable bonds is 3. The predicted octanol–water partition coefficient (Wildman–Crippen LogP) is 2.05. The third-order valence-corrected chi connectivity index (χ3v) is 4.11. The Morgan fingerprint density at radius 2 is 2.30 bits per heavy atom. The van der Waals surface area contributed by atoms with E-state index in [1.54, 1.807) is 6.20 Å². The van der Waals surface area contributed by atoms with Crippen LogP contribution >= 0.6 is 15.9 Å². The van der Waals surface area contributed by atoms with Crippen LogP contribution in [0.5, 0.6) is 0 Å². The average molecular weight is 341 g/mol. The third kappa shape index (κ3) is 3.30. The molecule has 1 amide bonds. The molecule has 1 aromatic rings. The minimum atomic E-state index is 0.0506. The maximum Gasteiger partial charge on any atom is 0.257 e. The van der Waals surface area contributed by atoms with Crippen molar-refractivity contribution in [3.05, 3.63) is 22.3 Å². The second kappa shape index (κ2) is 6.54. The van der Waals surface area contributed by atoms with E-state index < -0.39 is 0 Å². The van der Waals surface area contributed by atoms with E-state index >= 15 is 0 Å². The Balaban J connectivity index is 2.22. The number of pyridine rings is 1. The third-order valence-electron chi connectivity index (χ3n) is 3.68. The number of likely N-dealkylation sites (N-methyl/N-ethyl adjacent to an activating group) is 1. The normalized spacial score (nSPS) is 20.0. The van der Waals surface area contributed by atoms with Crippen LogP contribution in [0.3, 0.4) is 0 Å². The summed E-state index contributed by atoms with van der Waals surface area (Å²) in [6.07, 6.45) is 1.71. The number of amides is 1. The Labute approximate surface area is 128 Å². The molecule has 6 heteroatoms. The van der Waals surface area contributed by atoms with Crippen LogP contribution in [0.1, 0.15) is 24.2 Å². The van der Waals surface area contributed by atoms with Crippen LogP contribution in [0.4, 0.5) is 5.82 Å². The Kier molecular flexibility index (Phi) is 4.99. The summed E-state index contributed by atoms with van der Waals surface area (Å²) >= 11 is 3.39. The fraction of sp³-hybridized carbons (Fsp3) is 0.571. The lowest BCUT2D eigenvalue weighted by Gasteiger charge is -2.37. The van der Waals surface area contributed by atoms with Crippen molar-refractivity contribution in [2.75, 3.05) is 38.5 Å². The summed E-state index contributed by atoms with van der Waals surface area (Å²) in [5.41, 5.74) is 0.637. The van der Waals surface area contributed by atoms with Gasteiger partial charge in [-0.2, -0.15) is 0 Å². The Hall–Kier alpha value is -1.14. The first-order chi connectivity index (χ1) is 9.52. The van der Waals surface area contributed by atoms with Gasteiger partial charge in [0, 0.05) is 42.9 Å². The SMILES string of the molecule is CCNc1ncc(Br)cc1C(=O)N1CCN(C)C(C)C1. The van der Waals surface area contributed by atoms with E-state index in [0.717, 1.165) is 30.7 Å². The van der Waals surface area contributed by atoms with Crippen molar-refractivity contribution in [3.8, 4) is 0 Å². The van der Waals surface area contributed by atoms with Gasteiger partial charge in [0.1, 0.15) is 5.82 Å². The maximum atomic E-state index is 12.7. The topological polar surface area (TPSA) is 48.5 Å². The molecule has 20 heavy (non-hydrogen) atoms. The van der Waals surface area contributed by atoms with Crippen molar-refractivity contribution in [2.45, 2.75) is 19.9 Å². The molecule has 0 spiro atoms. The van der Waals surface area contributed by atoms with E-state index in [9.17, 15) is 4.79 Å². The van der Waals surface area contributed by atoms with Gasteiger partial charge in [0.15, 0.2) is 0 Å². The van der Waals surface area contributed by atoms with Crippen LogP contribution in [0.15, 0.2) is 16.7 Å². The molecule has 1 fully saturated rings. The number of hydrogen-bond acceptors (Lipinski definition) is 4. The minimum Gasteiger partial charge on any atom is -0.370 e. The molecule has 1 saturated heterocycles. The summed E-state index contributed by atoms with van der Waals surface area (Å²) in [6, 6.07) is 2.23. The van der Waals surface area contributed by atoms with Crippen LogP contribution < -0.4 is 5.32 Å². The zero-order chi connectivity index (χ0) is 14.7. The van der Waals surface area contributed by atoms with Crippen molar-refractivity contribution in [1.82, 2.24) is 14.8 Å². The highest BCUT2D eigenvalue weighted by molar-refractivity contribution is 9.10. The fourth-order valence-electron chi connectivity index (χ4n) is 2.31. The van der Waals surface area contributed by atoms with Gasteiger partial charge in [-0.05, 0) is 42.9 Å². The van der Waals surface area contributed by atoms with Gasteiger partial charge in [-0.1, -0.05) is 0 Å². The van der Waals surface area contributed by atoms with Crippen LogP contribution in [-0.2, 0) is 0 Å². The summed E-state index contributed by atoms with van der Waals surface area (Å²) in [7, 11) is 2.09. The smallest absolute Gasteiger partial charge is 0.257 e. The van der Waals surface area contributed by atoms with Crippen LogP contribution in [0.25, 0.3) is 0 Å². The van der Waals surface area contributed by atoms with E-state index in [1.807, 2.05) is 17.9 Å². The number of nitrogens with one attached hydrogen (secondary N) is 1. The molecule has 0 radical (unpaired) electrons. The lowest BCUT2D eigenvalue weighted by Crippen LogP contribution is -2.52. The number of hydrogen-bond donors (Lipinski definition) is 1. The number of carbonyl (C=O) groups excluding carboxylic acids is 1. The molecule has 2 rings (SSSR count). The molecule has 5 nitrogen and oxygen atoms in total. The first-order valence-corrected chi connectivity index (χ1v) is 7.71. The second-order valence-electron chi connectivity index (χ2n) is 5.16. The minimum absolute atomic E-state index is 0.0506. The summed E-state index contributed by atoms with van der Waals surface area (Å²) < 4.78 is 0.824. The predicted molar refractivity (Wildman–Crippen MR) is 84.1 cm³/mol. The molecule has 0 aliphatic carbocycles. The van der Waals surface area contributed by atoms with E-state index in [1.165, 1.54) is 0 Å². The molecule has 0 saturated carbocycles. The molecule has 0 bridgehead atoms. The quantitative estimate of drug-likeness (QED) is 0.914. The monoisotopic (exact) mass is 340 g/mol. The van der Waals surface area contributed by atoms with Crippen molar-refractivity contribution >= 4 is 27.7 Å². The van der Waals surface area contributed by atoms with E-state index in [4.69, 9.17) is 0 Å². The molecule has 1 unspecified atom stereocenters. The maximum absolute atomic E-state index is 12.7. The van der Waals surface area contributed by atoms with Gasteiger partial charge in [0.2, 0.25) is 0 Å². The largest absolute Gasteiger partial charge is 0.370 e. The van der Waals surface area contributed by atoms with Crippen LogP contribution in [0, 0.1) is 0 Å². The number of halogens is 1. The van der Waals surface area contributed by atoms with Gasteiger partial charge in [-0.3, -0.25) is 4.79 Å². The molecular formula is C14H21BrN4O. The number of anilines is 1. The van der Waals surface area contributed by atoms with E-state index in [0.29, 0.717) is 17.4 Å². The Bertz CT molecular complexity index is 494. The molecule has 1 aliphatic rings. The van der Waals surface area contributed by atoms with Gasteiger partial charge in [0.05, 0.1) is 5.56 Å². The molecule has 1 atom stereocenters. The highest BCUT2D eigenvalue weighted by Gasteiger charge is 2.26. The summed E-state index contributed by atoms with van der Waals surface area (Å²) in [6.45, 7) is 7.31. The zero-order valence-electron chi connectivity index (χ0n) is 12.2. The molecule has 0 aromatic carbocycles. The van der Waals surface area contributed by atoms with Gasteiger partial charge in [-0.25, -0.2) is 4.98 Å². The molecule has 1 aliphatic heterocycles. The standard InChI is InChI=1S/C14H21BrN4O/c1-4-16-13-12(7-11(15)8-17-13)14(20)19-6-5-18(3)10(2)9-19/h7-8,10H,4-6,9H2,1-3H3,(H,16,17). The number of nitrogens with zero attached hydrogens (tertiary/aromatic N) is 3. The first-order valence-electron chi connectivity index (χ1n) is 6.91. The van der Waals surface area contributed by atoms with E-state index in [-0.39, 0.29) is 5.91 Å². The first kappa shape index (κ1) is 15.3. The second-order valence-corrected chi connectivity index (χ2v) is 6.08. The van der Waals surface area contributed by atoms with Crippen LogP contribution in [-0.4, -0.2) is 60.0 Å². The molecule has 110 valence electrons. The Morgan fingerprint density at radius 1 is 1.55 bits per heavy atom. The summed E-state index contributed by atoms with van der Waals surface area (Å²) in [4.78, 5) is 21.2. The summed E-state index contributed by atoms with van der Waals surface area (Å²) in [5.74, 6) is 0.710. The lowest BCUT2D eigenvalue weighted by molar-refractivity contribution is 0.0573. The Morgan fingerprint density at radius 3 is 2.95 bits per heavy atom. The molecule has 2 heterocycles. The van der Waals surface area contributed by atoms with Crippen LogP contribution in [0.2, 0.25) is 0 Å². The molecule has 1 N–H and O–H groups in total. The van der Waals surface area contributed by atoms with Crippen molar-refractivity contribution in [3.63, 3.8) is 0 Å². The van der Waals surface area contributed by atoms with Crippen molar-refractivity contribution in [2.24, 2.45) is 0 Å². The lowest BCUT2D eigenvalue weighted by atomic mass is 10.1. The average Bonchev–Trinajstić information content (AvgIpc) is 2.43. The fourth-order valence-corrected chi connectivity index (χ4v) is 2.65. The number of piperazine rings is 1. The van der Waals surface area contributed by atoms with Crippen molar-refractivity contribution in [1.29, 1.82) is 0 Å². The van der Waals surface area contributed by atoms with Gasteiger partial charge in [0.25, 0.3) is 5.91 Å².